The molecule has 0 saturated carbocycles. The van der Waals surface area contributed by atoms with Gasteiger partial charge in [0.2, 0.25) is 0 Å². The minimum atomic E-state index is -0.569. The number of rotatable bonds is 5. The zero-order chi connectivity index (χ0) is 16.2. The van der Waals surface area contributed by atoms with Gasteiger partial charge < -0.3 is 4.57 Å². The van der Waals surface area contributed by atoms with Crippen molar-refractivity contribution in [2.75, 3.05) is 0 Å². The molecule has 0 N–H and O–H groups in total. The summed E-state index contributed by atoms with van der Waals surface area (Å²) in [7, 11) is 0. The second kappa shape index (κ2) is 6.40. The van der Waals surface area contributed by atoms with Crippen LogP contribution in [0.1, 0.15) is 32.0 Å². The van der Waals surface area contributed by atoms with Gasteiger partial charge in [0.25, 0.3) is 0 Å². The van der Waals surface area contributed by atoms with E-state index in [-0.39, 0.29) is 5.56 Å². The van der Waals surface area contributed by atoms with Crippen molar-refractivity contribution >= 4 is 12.1 Å². The summed E-state index contributed by atoms with van der Waals surface area (Å²) in [6, 6.07) is 16.9. The van der Waals surface area contributed by atoms with E-state index in [1.165, 1.54) is 24.3 Å². The predicted octanol–water partition coefficient (Wildman–Crippen LogP) is 3.72. The summed E-state index contributed by atoms with van der Waals surface area (Å²) >= 11 is 0. The van der Waals surface area contributed by atoms with Crippen LogP contribution in [0.5, 0.6) is 0 Å². The van der Waals surface area contributed by atoms with Crippen LogP contribution in [0.2, 0.25) is 0 Å². The van der Waals surface area contributed by atoms with Crippen molar-refractivity contribution in [3.8, 4) is 0 Å². The van der Waals surface area contributed by atoms with Gasteiger partial charge in [-0.2, -0.15) is 0 Å². The summed E-state index contributed by atoms with van der Waals surface area (Å²) in [5.74, 6) is -1.00. The van der Waals surface area contributed by atoms with Gasteiger partial charge in [0, 0.05) is 18.3 Å². The molecule has 0 bridgehead atoms. The maximum Gasteiger partial charge on any atom is 0.197 e. The zero-order valence-electron chi connectivity index (χ0n) is 12.3. The number of halogens is 1. The summed E-state index contributed by atoms with van der Waals surface area (Å²) in [6.45, 7) is 0.472. The summed E-state index contributed by atoms with van der Waals surface area (Å²) < 4.78 is 15.5. The molecule has 2 aromatic carbocycles. The molecule has 0 unspecified atom stereocenters. The van der Waals surface area contributed by atoms with E-state index in [0.717, 1.165) is 5.56 Å². The lowest BCUT2D eigenvalue weighted by Gasteiger charge is -2.05. The van der Waals surface area contributed by atoms with Gasteiger partial charge in [0.15, 0.2) is 12.1 Å². The molecule has 3 nitrogen and oxygen atoms in total. The average Bonchev–Trinajstić information content (AvgIpc) is 2.98. The SMILES string of the molecule is O=Cc1cc(C(=O)c2ccccc2F)cn1Cc1ccccc1. The molecule has 4 heteroatoms. The highest BCUT2D eigenvalue weighted by molar-refractivity contribution is 6.09. The molecule has 0 saturated heterocycles. The molecule has 0 atom stereocenters. The first kappa shape index (κ1) is 14.9. The summed E-state index contributed by atoms with van der Waals surface area (Å²) in [4.78, 5) is 23.7. The van der Waals surface area contributed by atoms with E-state index in [9.17, 15) is 14.0 Å². The molecule has 3 aromatic rings. The van der Waals surface area contributed by atoms with E-state index < -0.39 is 11.6 Å². The lowest BCUT2D eigenvalue weighted by molar-refractivity contribution is 0.103. The lowest BCUT2D eigenvalue weighted by Crippen LogP contribution is -2.04. The largest absolute Gasteiger partial charge is 0.340 e. The minimum absolute atomic E-state index is 0.00168. The highest BCUT2D eigenvalue weighted by Crippen LogP contribution is 2.17. The molecule has 0 aliphatic rings. The van der Waals surface area contributed by atoms with Crippen molar-refractivity contribution in [1.82, 2.24) is 4.57 Å². The van der Waals surface area contributed by atoms with Crippen LogP contribution in [0.15, 0.2) is 66.9 Å². The van der Waals surface area contributed by atoms with E-state index in [4.69, 9.17) is 0 Å². The fourth-order valence-corrected chi connectivity index (χ4v) is 2.47. The second-order valence-electron chi connectivity index (χ2n) is 5.19. The molecule has 0 spiro atoms. The van der Waals surface area contributed by atoms with Crippen molar-refractivity contribution in [3.63, 3.8) is 0 Å². The molecule has 0 radical (unpaired) electrons. The second-order valence-corrected chi connectivity index (χ2v) is 5.19. The molecular formula is C19H14FNO2. The summed E-state index contributed by atoms with van der Waals surface area (Å²) in [5, 5.41) is 0. The number of ketones is 1. The van der Waals surface area contributed by atoms with Gasteiger partial charge in [-0.25, -0.2) is 4.39 Å². The summed E-state index contributed by atoms with van der Waals surface area (Å²) in [6.07, 6.45) is 2.28. The predicted molar refractivity (Wildman–Crippen MR) is 85.2 cm³/mol. The van der Waals surface area contributed by atoms with E-state index in [1.807, 2.05) is 30.3 Å². The minimum Gasteiger partial charge on any atom is -0.340 e. The Morgan fingerprint density at radius 1 is 1.04 bits per heavy atom. The number of carbonyl (C=O) groups excluding carboxylic acids is 2. The van der Waals surface area contributed by atoms with Crippen molar-refractivity contribution in [2.45, 2.75) is 6.54 Å². The van der Waals surface area contributed by atoms with E-state index >= 15 is 0 Å². The van der Waals surface area contributed by atoms with Crippen LogP contribution in [-0.2, 0) is 6.54 Å². The third-order valence-corrected chi connectivity index (χ3v) is 3.63. The number of benzene rings is 2. The highest BCUT2D eigenvalue weighted by Gasteiger charge is 2.17. The Hall–Kier alpha value is -3.01. The van der Waals surface area contributed by atoms with Crippen LogP contribution in [0.25, 0.3) is 0 Å². The quantitative estimate of drug-likeness (QED) is 0.532. The Labute approximate surface area is 133 Å². The van der Waals surface area contributed by atoms with Crippen molar-refractivity contribution < 1.29 is 14.0 Å². The van der Waals surface area contributed by atoms with E-state index in [2.05, 4.69) is 0 Å². The Kier molecular flexibility index (Phi) is 4.15. The van der Waals surface area contributed by atoms with Crippen molar-refractivity contribution in [2.24, 2.45) is 0 Å². The van der Waals surface area contributed by atoms with Crippen LogP contribution in [0.4, 0.5) is 4.39 Å². The van der Waals surface area contributed by atoms with Gasteiger partial charge in [-0.3, -0.25) is 9.59 Å². The van der Waals surface area contributed by atoms with Crippen LogP contribution in [-0.4, -0.2) is 16.6 Å². The van der Waals surface area contributed by atoms with Crippen LogP contribution in [0, 0.1) is 5.82 Å². The smallest absolute Gasteiger partial charge is 0.197 e. The van der Waals surface area contributed by atoms with E-state index in [0.29, 0.717) is 24.1 Å². The van der Waals surface area contributed by atoms with Crippen molar-refractivity contribution in [3.05, 3.63) is 95.1 Å². The Balaban J connectivity index is 1.94. The molecule has 0 fully saturated rings. The maximum atomic E-state index is 13.8. The number of aromatic nitrogens is 1. The van der Waals surface area contributed by atoms with E-state index in [1.54, 1.807) is 16.8 Å². The first-order valence-electron chi connectivity index (χ1n) is 7.17. The maximum absolute atomic E-state index is 13.8. The third-order valence-electron chi connectivity index (χ3n) is 3.63. The molecule has 1 heterocycles. The monoisotopic (exact) mass is 307 g/mol. The Morgan fingerprint density at radius 2 is 1.74 bits per heavy atom. The summed E-state index contributed by atoms with van der Waals surface area (Å²) in [5.41, 5.74) is 1.69. The molecule has 114 valence electrons. The molecular weight excluding hydrogens is 293 g/mol. The Bertz CT molecular complexity index is 853. The number of hydrogen-bond donors (Lipinski definition) is 0. The van der Waals surface area contributed by atoms with Gasteiger partial charge in [-0.05, 0) is 23.8 Å². The van der Waals surface area contributed by atoms with Crippen LogP contribution < -0.4 is 0 Å². The Morgan fingerprint density at radius 3 is 2.43 bits per heavy atom. The number of hydrogen-bond acceptors (Lipinski definition) is 2. The lowest BCUT2D eigenvalue weighted by atomic mass is 10.1. The van der Waals surface area contributed by atoms with Gasteiger partial charge in [0.05, 0.1) is 11.3 Å². The molecule has 1 aromatic heterocycles. The fourth-order valence-electron chi connectivity index (χ4n) is 2.47. The highest BCUT2D eigenvalue weighted by atomic mass is 19.1. The molecule has 0 aliphatic heterocycles. The van der Waals surface area contributed by atoms with Crippen LogP contribution >= 0.6 is 0 Å². The fraction of sp³-hybridized carbons (Fsp3) is 0.0526. The number of carbonyl (C=O) groups is 2. The van der Waals surface area contributed by atoms with Gasteiger partial charge >= 0.3 is 0 Å². The van der Waals surface area contributed by atoms with Gasteiger partial charge in [-0.15, -0.1) is 0 Å². The standard InChI is InChI=1S/C19H14FNO2/c20-18-9-5-4-8-17(18)19(23)15-10-16(13-22)21(12-15)11-14-6-2-1-3-7-14/h1-10,12-13H,11H2. The van der Waals surface area contributed by atoms with Gasteiger partial charge in [-0.1, -0.05) is 42.5 Å². The van der Waals surface area contributed by atoms with Gasteiger partial charge in [0.1, 0.15) is 5.82 Å². The number of nitrogens with zero attached hydrogens (tertiary/aromatic N) is 1. The molecule has 23 heavy (non-hydrogen) atoms. The molecule has 0 aliphatic carbocycles. The van der Waals surface area contributed by atoms with Crippen LogP contribution in [0.3, 0.4) is 0 Å². The zero-order valence-corrected chi connectivity index (χ0v) is 12.3. The number of aldehydes is 1. The third kappa shape index (κ3) is 3.11. The topological polar surface area (TPSA) is 39.1 Å². The first-order valence-corrected chi connectivity index (χ1v) is 7.17. The molecule has 0 amide bonds. The molecule has 3 rings (SSSR count). The average molecular weight is 307 g/mol. The van der Waals surface area contributed by atoms with Crippen molar-refractivity contribution in [1.29, 1.82) is 0 Å². The first-order chi connectivity index (χ1) is 11.2. The normalized spacial score (nSPS) is 10.5.